The molecule has 1 aliphatic heterocycles. The Bertz CT molecular complexity index is 456. The molecule has 1 aliphatic rings. The van der Waals surface area contributed by atoms with Gasteiger partial charge in [-0.15, -0.1) is 0 Å². The molecule has 1 aromatic rings. The molecule has 0 spiro atoms. The number of rotatable bonds is 6. The molecular weight excluding hydrogens is 264 g/mol. The molecule has 4 heteroatoms. The van der Waals surface area contributed by atoms with Crippen LogP contribution in [0.15, 0.2) is 24.3 Å². The highest BCUT2D eigenvalue weighted by atomic mass is 16.5. The summed E-state index contributed by atoms with van der Waals surface area (Å²) in [7, 11) is 0. The van der Waals surface area contributed by atoms with Crippen LogP contribution in [0.5, 0.6) is 0 Å². The van der Waals surface area contributed by atoms with Gasteiger partial charge in [-0.1, -0.05) is 12.1 Å². The van der Waals surface area contributed by atoms with Crippen molar-refractivity contribution in [1.29, 1.82) is 0 Å². The van der Waals surface area contributed by atoms with Gasteiger partial charge in [0.25, 0.3) is 0 Å². The molecule has 2 unspecified atom stereocenters. The summed E-state index contributed by atoms with van der Waals surface area (Å²) in [6.07, 6.45) is 5.17. The number of amides is 1. The Kier molecular flexibility index (Phi) is 6.21. The summed E-state index contributed by atoms with van der Waals surface area (Å²) in [6.45, 7) is 5.54. The first-order valence-electron chi connectivity index (χ1n) is 7.87. The Labute approximate surface area is 127 Å². The molecule has 2 atom stereocenters. The van der Waals surface area contributed by atoms with E-state index in [1.54, 1.807) is 0 Å². The number of carbonyl (C=O) groups is 1. The monoisotopic (exact) mass is 290 g/mol. The average molecular weight is 290 g/mol. The lowest BCUT2D eigenvalue weighted by atomic mass is 10.0. The first-order chi connectivity index (χ1) is 10.1. The maximum atomic E-state index is 11.1. The quantitative estimate of drug-likeness (QED) is 0.845. The van der Waals surface area contributed by atoms with Crippen molar-refractivity contribution in [2.75, 3.05) is 18.5 Å². The Morgan fingerprint density at radius 3 is 3.00 bits per heavy atom. The largest absolute Gasteiger partial charge is 0.378 e. The van der Waals surface area contributed by atoms with Gasteiger partial charge in [0.15, 0.2) is 0 Å². The Morgan fingerprint density at radius 1 is 1.43 bits per heavy atom. The fourth-order valence-electron chi connectivity index (χ4n) is 2.70. The van der Waals surface area contributed by atoms with E-state index < -0.39 is 0 Å². The zero-order valence-corrected chi connectivity index (χ0v) is 13.0. The average Bonchev–Trinajstić information content (AvgIpc) is 2.48. The summed E-state index contributed by atoms with van der Waals surface area (Å²) in [6, 6.07) is 8.26. The number of benzene rings is 1. The summed E-state index contributed by atoms with van der Waals surface area (Å²) >= 11 is 0. The van der Waals surface area contributed by atoms with Crippen molar-refractivity contribution in [3.05, 3.63) is 29.8 Å². The highest BCUT2D eigenvalue weighted by molar-refractivity contribution is 5.88. The molecule has 1 saturated heterocycles. The molecule has 2 rings (SSSR count). The number of ether oxygens (including phenoxy) is 1. The fraction of sp³-hybridized carbons (Fsp3) is 0.588. The molecule has 0 aromatic heterocycles. The summed E-state index contributed by atoms with van der Waals surface area (Å²) in [4.78, 5) is 11.1. The smallest absolute Gasteiger partial charge is 0.221 e. The van der Waals surface area contributed by atoms with Crippen LogP contribution in [0, 0.1) is 0 Å². The van der Waals surface area contributed by atoms with Crippen LogP contribution < -0.4 is 10.6 Å². The van der Waals surface area contributed by atoms with Crippen LogP contribution in [-0.4, -0.2) is 25.2 Å². The van der Waals surface area contributed by atoms with Crippen molar-refractivity contribution in [3.63, 3.8) is 0 Å². The Morgan fingerprint density at radius 2 is 2.29 bits per heavy atom. The van der Waals surface area contributed by atoms with E-state index in [1.165, 1.54) is 31.7 Å². The first-order valence-corrected chi connectivity index (χ1v) is 7.87. The number of hydrogen-bond acceptors (Lipinski definition) is 3. The zero-order chi connectivity index (χ0) is 15.1. The van der Waals surface area contributed by atoms with E-state index in [4.69, 9.17) is 4.74 Å². The van der Waals surface area contributed by atoms with Crippen molar-refractivity contribution in [2.45, 2.75) is 51.7 Å². The molecule has 4 nitrogen and oxygen atoms in total. The van der Waals surface area contributed by atoms with E-state index in [1.807, 2.05) is 18.2 Å². The van der Waals surface area contributed by atoms with Crippen molar-refractivity contribution < 1.29 is 9.53 Å². The first kappa shape index (κ1) is 16.0. The molecule has 0 bridgehead atoms. The second-order valence-electron chi connectivity index (χ2n) is 5.76. The molecule has 116 valence electrons. The number of anilines is 1. The van der Waals surface area contributed by atoms with Crippen molar-refractivity contribution >= 4 is 11.6 Å². The molecule has 2 N–H and O–H groups in total. The second-order valence-corrected chi connectivity index (χ2v) is 5.76. The van der Waals surface area contributed by atoms with Gasteiger partial charge < -0.3 is 15.4 Å². The normalized spacial score (nSPS) is 20.0. The van der Waals surface area contributed by atoms with Crippen LogP contribution in [-0.2, 0) is 9.53 Å². The molecule has 0 saturated carbocycles. The van der Waals surface area contributed by atoms with Crippen molar-refractivity contribution in [2.24, 2.45) is 0 Å². The molecule has 1 aromatic carbocycles. The summed E-state index contributed by atoms with van der Waals surface area (Å²) in [5.41, 5.74) is 2.04. The highest BCUT2D eigenvalue weighted by Crippen LogP contribution is 2.19. The van der Waals surface area contributed by atoms with E-state index in [-0.39, 0.29) is 11.9 Å². The second kappa shape index (κ2) is 8.15. The van der Waals surface area contributed by atoms with E-state index in [0.717, 1.165) is 25.3 Å². The predicted octanol–water partition coefficient (Wildman–Crippen LogP) is 3.25. The van der Waals surface area contributed by atoms with Gasteiger partial charge in [-0.3, -0.25) is 4.79 Å². The summed E-state index contributed by atoms with van der Waals surface area (Å²) in [5, 5.41) is 6.36. The lowest BCUT2D eigenvalue weighted by Crippen LogP contribution is -2.27. The minimum Gasteiger partial charge on any atom is -0.378 e. The SMILES string of the molecule is CC(=O)Nc1cccc(C(C)NCCC2CCCCO2)c1. The predicted molar refractivity (Wildman–Crippen MR) is 85.4 cm³/mol. The highest BCUT2D eigenvalue weighted by Gasteiger charge is 2.14. The molecule has 0 aliphatic carbocycles. The third kappa shape index (κ3) is 5.48. The van der Waals surface area contributed by atoms with E-state index >= 15 is 0 Å². The number of carbonyl (C=O) groups excluding carboxylic acids is 1. The third-order valence-electron chi connectivity index (χ3n) is 3.90. The van der Waals surface area contributed by atoms with Gasteiger partial charge in [0, 0.05) is 25.3 Å². The van der Waals surface area contributed by atoms with Gasteiger partial charge in [0.2, 0.25) is 5.91 Å². The van der Waals surface area contributed by atoms with E-state index in [9.17, 15) is 4.79 Å². The lowest BCUT2D eigenvalue weighted by molar-refractivity contribution is -0.114. The van der Waals surface area contributed by atoms with Crippen molar-refractivity contribution in [3.8, 4) is 0 Å². The maximum Gasteiger partial charge on any atom is 0.221 e. The molecule has 0 radical (unpaired) electrons. The molecule has 1 fully saturated rings. The van der Waals surface area contributed by atoms with Crippen LogP contribution in [0.4, 0.5) is 5.69 Å². The van der Waals surface area contributed by atoms with E-state index in [2.05, 4.69) is 23.6 Å². The molecule has 1 heterocycles. The molecular formula is C17H26N2O2. The van der Waals surface area contributed by atoms with Crippen LogP contribution >= 0.6 is 0 Å². The van der Waals surface area contributed by atoms with E-state index in [0.29, 0.717) is 6.10 Å². The van der Waals surface area contributed by atoms with Gasteiger partial charge >= 0.3 is 0 Å². The minimum atomic E-state index is -0.0396. The van der Waals surface area contributed by atoms with Gasteiger partial charge in [-0.05, 0) is 56.8 Å². The van der Waals surface area contributed by atoms with Gasteiger partial charge in [0.1, 0.15) is 0 Å². The fourth-order valence-corrected chi connectivity index (χ4v) is 2.70. The topological polar surface area (TPSA) is 50.4 Å². The minimum absolute atomic E-state index is 0.0396. The lowest BCUT2D eigenvalue weighted by Gasteiger charge is -2.23. The summed E-state index contributed by atoms with van der Waals surface area (Å²) < 4.78 is 5.74. The third-order valence-corrected chi connectivity index (χ3v) is 3.90. The van der Waals surface area contributed by atoms with Gasteiger partial charge in [-0.2, -0.15) is 0 Å². The standard InChI is InChI=1S/C17H26N2O2/c1-13(18-10-9-17-8-3-4-11-21-17)15-6-5-7-16(12-15)19-14(2)20/h5-7,12-13,17-18H,3-4,8-11H2,1-2H3,(H,19,20). The number of hydrogen-bond donors (Lipinski definition) is 2. The van der Waals surface area contributed by atoms with Gasteiger partial charge in [0.05, 0.1) is 6.10 Å². The Hall–Kier alpha value is -1.39. The zero-order valence-electron chi connectivity index (χ0n) is 13.0. The summed E-state index contributed by atoms with van der Waals surface area (Å²) in [5.74, 6) is -0.0396. The van der Waals surface area contributed by atoms with Crippen LogP contribution in [0.25, 0.3) is 0 Å². The van der Waals surface area contributed by atoms with Crippen LogP contribution in [0.1, 0.15) is 51.1 Å². The van der Waals surface area contributed by atoms with Crippen LogP contribution in [0.2, 0.25) is 0 Å². The molecule has 1 amide bonds. The molecule has 21 heavy (non-hydrogen) atoms. The van der Waals surface area contributed by atoms with Crippen LogP contribution in [0.3, 0.4) is 0 Å². The maximum absolute atomic E-state index is 11.1. The van der Waals surface area contributed by atoms with Crippen molar-refractivity contribution in [1.82, 2.24) is 5.32 Å². The Balaban J connectivity index is 1.79. The van der Waals surface area contributed by atoms with Gasteiger partial charge in [-0.25, -0.2) is 0 Å². The number of nitrogens with one attached hydrogen (secondary N) is 2.